The van der Waals surface area contributed by atoms with Gasteiger partial charge in [0.25, 0.3) is 0 Å². The third-order valence-corrected chi connectivity index (χ3v) is 3.24. The van der Waals surface area contributed by atoms with Gasteiger partial charge in [0.2, 0.25) is 0 Å². The van der Waals surface area contributed by atoms with Crippen LogP contribution in [0.4, 0.5) is 13.2 Å². The molecule has 0 saturated heterocycles. The Bertz CT molecular complexity index is 630. The van der Waals surface area contributed by atoms with Crippen LogP contribution in [-0.2, 0) is 6.18 Å². The summed E-state index contributed by atoms with van der Waals surface area (Å²) in [7, 11) is 1.55. The van der Waals surface area contributed by atoms with E-state index in [1.54, 1.807) is 19.2 Å². The minimum Gasteiger partial charge on any atom is -0.496 e. The molecule has 0 N–H and O–H groups in total. The third kappa shape index (κ3) is 2.79. The van der Waals surface area contributed by atoms with Crippen LogP contribution in [0.2, 0.25) is 0 Å². The highest BCUT2D eigenvalue weighted by molar-refractivity contribution is 5.70. The summed E-state index contributed by atoms with van der Waals surface area (Å²) in [6, 6.07) is 9.02. The van der Waals surface area contributed by atoms with Gasteiger partial charge in [-0.05, 0) is 54.3 Å². The highest BCUT2D eigenvalue weighted by Gasteiger charge is 2.30. The van der Waals surface area contributed by atoms with Gasteiger partial charge in [0, 0.05) is 0 Å². The number of benzene rings is 2. The number of alkyl halides is 3. The van der Waals surface area contributed by atoms with Gasteiger partial charge in [0.1, 0.15) is 5.75 Å². The normalized spacial score (nSPS) is 11.5. The van der Waals surface area contributed by atoms with Gasteiger partial charge in [-0.25, -0.2) is 0 Å². The molecule has 1 nitrogen and oxygen atoms in total. The molecule has 2 rings (SSSR count). The van der Waals surface area contributed by atoms with E-state index in [2.05, 4.69) is 0 Å². The average Bonchev–Trinajstić information content (AvgIpc) is 2.38. The van der Waals surface area contributed by atoms with Gasteiger partial charge in [0.15, 0.2) is 0 Å². The fourth-order valence-electron chi connectivity index (χ4n) is 2.23. The van der Waals surface area contributed by atoms with E-state index in [4.69, 9.17) is 4.74 Å². The van der Waals surface area contributed by atoms with Crippen molar-refractivity contribution in [2.75, 3.05) is 7.11 Å². The first-order valence-electron chi connectivity index (χ1n) is 6.16. The minimum absolute atomic E-state index is 0.538. The molecule has 2 aromatic carbocycles. The van der Waals surface area contributed by atoms with Crippen molar-refractivity contribution in [2.24, 2.45) is 0 Å². The Morgan fingerprint density at radius 2 is 1.65 bits per heavy atom. The van der Waals surface area contributed by atoms with Gasteiger partial charge in [-0.2, -0.15) is 13.2 Å². The highest BCUT2D eigenvalue weighted by atomic mass is 19.4. The van der Waals surface area contributed by atoms with E-state index in [1.165, 1.54) is 6.07 Å². The molecule has 0 unspecified atom stereocenters. The Kier molecular flexibility index (Phi) is 3.75. The molecule has 0 fully saturated rings. The fraction of sp³-hybridized carbons (Fsp3) is 0.250. The lowest BCUT2D eigenvalue weighted by Gasteiger charge is -2.13. The largest absolute Gasteiger partial charge is 0.496 e. The number of hydrogen-bond donors (Lipinski definition) is 0. The quantitative estimate of drug-likeness (QED) is 0.752. The predicted octanol–water partition coefficient (Wildman–Crippen LogP) is 5.00. The zero-order chi connectivity index (χ0) is 14.9. The number of aryl methyl sites for hydroxylation is 2. The van der Waals surface area contributed by atoms with Gasteiger partial charge in [-0.15, -0.1) is 0 Å². The predicted molar refractivity (Wildman–Crippen MR) is 72.9 cm³/mol. The van der Waals surface area contributed by atoms with Crippen molar-refractivity contribution in [3.63, 3.8) is 0 Å². The summed E-state index contributed by atoms with van der Waals surface area (Å²) < 4.78 is 43.5. The first kappa shape index (κ1) is 14.4. The maximum atomic E-state index is 12.8. The molecular formula is C16H15F3O. The molecule has 0 amide bonds. The summed E-state index contributed by atoms with van der Waals surface area (Å²) in [5.41, 5.74) is 2.52. The zero-order valence-electron chi connectivity index (χ0n) is 11.5. The SMILES string of the molecule is COc1cc(-c2cccc(C(F)(F)F)c2)c(C)cc1C. The Morgan fingerprint density at radius 1 is 0.950 bits per heavy atom. The Morgan fingerprint density at radius 3 is 2.25 bits per heavy atom. The maximum Gasteiger partial charge on any atom is 0.416 e. The van der Waals surface area contributed by atoms with E-state index < -0.39 is 11.7 Å². The standard InChI is InChI=1S/C16H15F3O/c1-10-7-11(2)15(20-3)9-14(10)12-5-4-6-13(8-12)16(17,18)19/h4-9H,1-3H3. The van der Waals surface area contributed by atoms with E-state index >= 15 is 0 Å². The van der Waals surface area contributed by atoms with Crippen molar-refractivity contribution >= 4 is 0 Å². The van der Waals surface area contributed by atoms with Gasteiger partial charge >= 0.3 is 6.18 Å². The summed E-state index contributed by atoms with van der Waals surface area (Å²) in [6.07, 6.45) is -4.33. The van der Waals surface area contributed by atoms with Gasteiger partial charge in [0.05, 0.1) is 12.7 Å². The van der Waals surface area contributed by atoms with Crippen LogP contribution < -0.4 is 4.74 Å². The van der Waals surface area contributed by atoms with E-state index in [9.17, 15) is 13.2 Å². The van der Waals surface area contributed by atoms with Gasteiger partial charge in [-0.1, -0.05) is 18.2 Å². The highest BCUT2D eigenvalue weighted by Crippen LogP contribution is 2.35. The Labute approximate surface area is 116 Å². The lowest BCUT2D eigenvalue weighted by molar-refractivity contribution is -0.137. The lowest BCUT2D eigenvalue weighted by atomic mass is 9.96. The number of halogens is 3. The Balaban J connectivity index is 2.57. The van der Waals surface area contributed by atoms with Crippen molar-refractivity contribution in [3.05, 3.63) is 53.1 Å². The second kappa shape index (κ2) is 5.19. The van der Waals surface area contributed by atoms with E-state index in [1.807, 2.05) is 19.9 Å². The van der Waals surface area contributed by atoms with Crippen LogP contribution in [0.1, 0.15) is 16.7 Å². The first-order valence-corrected chi connectivity index (χ1v) is 6.16. The molecule has 0 saturated carbocycles. The third-order valence-electron chi connectivity index (χ3n) is 3.24. The average molecular weight is 280 g/mol. The van der Waals surface area contributed by atoms with Crippen LogP contribution in [0.15, 0.2) is 36.4 Å². The van der Waals surface area contributed by atoms with Crippen molar-refractivity contribution in [3.8, 4) is 16.9 Å². The number of ether oxygens (including phenoxy) is 1. The topological polar surface area (TPSA) is 9.23 Å². The first-order chi connectivity index (χ1) is 9.32. The summed E-state index contributed by atoms with van der Waals surface area (Å²) in [5, 5.41) is 0. The second-order valence-corrected chi connectivity index (χ2v) is 4.72. The number of methoxy groups -OCH3 is 1. The number of hydrogen-bond acceptors (Lipinski definition) is 1. The zero-order valence-corrected chi connectivity index (χ0v) is 11.5. The van der Waals surface area contributed by atoms with Crippen molar-refractivity contribution in [1.82, 2.24) is 0 Å². The number of rotatable bonds is 2. The summed E-state index contributed by atoms with van der Waals surface area (Å²) >= 11 is 0. The van der Waals surface area contributed by atoms with Crippen LogP contribution in [0.25, 0.3) is 11.1 Å². The molecule has 0 aliphatic carbocycles. The molecule has 0 radical (unpaired) electrons. The lowest BCUT2D eigenvalue weighted by Crippen LogP contribution is -2.04. The monoisotopic (exact) mass is 280 g/mol. The second-order valence-electron chi connectivity index (χ2n) is 4.72. The molecule has 0 aromatic heterocycles. The molecule has 0 bridgehead atoms. The van der Waals surface area contributed by atoms with Crippen molar-refractivity contribution in [1.29, 1.82) is 0 Å². The molecule has 0 atom stereocenters. The molecule has 2 aromatic rings. The van der Waals surface area contributed by atoms with E-state index in [-0.39, 0.29) is 0 Å². The molecular weight excluding hydrogens is 265 g/mol. The van der Waals surface area contributed by atoms with Crippen LogP contribution >= 0.6 is 0 Å². The van der Waals surface area contributed by atoms with Crippen LogP contribution in [-0.4, -0.2) is 7.11 Å². The van der Waals surface area contributed by atoms with E-state index in [0.29, 0.717) is 11.3 Å². The summed E-state index contributed by atoms with van der Waals surface area (Å²) in [4.78, 5) is 0. The van der Waals surface area contributed by atoms with Crippen molar-refractivity contribution < 1.29 is 17.9 Å². The summed E-state index contributed by atoms with van der Waals surface area (Å²) in [6.45, 7) is 3.78. The molecule has 0 heterocycles. The Hall–Kier alpha value is -1.97. The molecule has 0 aliphatic rings. The van der Waals surface area contributed by atoms with Crippen LogP contribution in [0, 0.1) is 13.8 Å². The fourth-order valence-corrected chi connectivity index (χ4v) is 2.23. The van der Waals surface area contributed by atoms with E-state index in [0.717, 1.165) is 28.8 Å². The van der Waals surface area contributed by atoms with Crippen LogP contribution in [0.5, 0.6) is 5.75 Å². The smallest absolute Gasteiger partial charge is 0.416 e. The van der Waals surface area contributed by atoms with Crippen molar-refractivity contribution in [2.45, 2.75) is 20.0 Å². The maximum absolute atomic E-state index is 12.8. The van der Waals surface area contributed by atoms with Gasteiger partial charge in [-0.3, -0.25) is 0 Å². The molecule has 20 heavy (non-hydrogen) atoms. The molecule has 0 spiro atoms. The summed E-state index contributed by atoms with van der Waals surface area (Å²) in [5.74, 6) is 0.669. The minimum atomic E-state index is -4.33. The molecule has 0 aliphatic heterocycles. The molecule has 106 valence electrons. The van der Waals surface area contributed by atoms with Gasteiger partial charge < -0.3 is 4.74 Å². The van der Waals surface area contributed by atoms with Crippen LogP contribution in [0.3, 0.4) is 0 Å². The molecule has 4 heteroatoms.